The molecule has 0 aliphatic rings. The number of aliphatic hydroxyl groups is 1. The molecule has 0 heterocycles. The van der Waals surface area contributed by atoms with Gasteiger partial charge in [0.25, 0.3) is 5.91 Å². The summed E-state index contributed by atoms with van der Waals surface area (Å²) in [6.45, 7) is 10.2. The Morgan fingerprint density at radius 2 is 1.95 bits per heavy atom. The molecule has 1 aromatic carbocycles. The van der Waals surface area contributed by atoms with Crippen LogP contribution in [-0.4, -0.2) is 30.3 Å². The highest BCUT2D eigenvalue weighted by atomic mass is 16.5. The summed E-state index contributed by atoms with van der Waals surface area (Å²) >= 11 is 0. The lowest BCUT2D eigenvalue weighted by Gasteiger charge is -2.31. The molecule has 0 fully saturated rings. The fraction of sp³-hybridized carbons (Fsp3) is 0.588. The highest BCUT2D eigenvalue weighted by Crippen LogP contribution is 2.21. The van der Waals surface area contributed by atoms with E-state index in [1.165, 1.54) is 5.56 Å². The van der Waals surface area contributed by atoms with E-state index in [1.54, 1.807) is 0 Å². The Morgan fingerprint density at radius 1 is 1.29 bits per heavy atom. The minimum atomic E-state index is -0.165. The maximum atomic E-state index is 12.0. The molecule has 1 rings (SSSR count). The lowest BCUT2D eigenvalue weighted by atomic mass is 9.85. The third kappa shape index (κ3) is 5.76. The van der Waals surface area contributed by atoms with Crippen LogP contribution in [0.4, 0.5) is 0 Å². The number of benzene rings is 1. The van der Waals surface area contributed by atoms with Gasteiger partial charge in [-0.25, -0.2) is 0 Å². The first-order valence-corrected chi connectivity index (χ1v) is 7.34. The highest BCUT2D eigenvalue weighted by molar-refractivity contribution is 5.77. The van der Waals surface area contributed by atoms with E-state index in [4.69, 9.17) is 9.84 Å². The van der Waals surface area contributed by atoms with Crippen LogP contribution in [0.3, 0.4) is 0 Å². The predicted molar refractivity (Wildman–Crippen MR) is 84.5 cm³/mol. The number of carbonyl (C=O) groups excluding carboxylic acids is 1. The van der Waals surface area contributed by atoms with E-state index < -0.39 is 0 Å². The molecule has 2 N–H and O–H groups in total. The van der Waals surface area contributed by atoms with Crippen molar-refractivity contribution in [2.45, 2.75) is 47.1 Å². The summed E-state index contributed by atoms with van der Waals surface area (Å²) in [5.74, 6) is 0.532. The summed E-state index contributed by atoms with van der Waals surface area (Å²) in [6.07, 6.45) is 0.541. The van der Waals surface area contributed by atoms with Crippen LogP contribution in [-0.2, 0) is 4.79 Å². The van der Waals surface area contributed by atoms with Gasteiger partial charge in [-0.05, 0) is 48.9 Å². The Bertz CT molecular complexity index is 477. The summed E-state index contributed by atoms with van der Waals surface area (Å²) in [4.78, 5) is 12.0. The van der Waals surface area contributed by atoms with Gasteiger partial charge in [0.2, 0.25) is 0 Å². The summed E-state index contributed by atoms with van der Waals surface area (Å²) in [7, 11) is 0. The molecule has 0 saturated carbocycles. The van der Waals surface area contributed by atoms with Crippen molar-refractivity contribution in [1.29, 1.82) is 0 Å². The first-order chi connectivity index (χ1) is 9.74. The molecule has 1 unspecified atom stereocenters. The van der Waals surface area contributed by atoms with Gasteiger partial charge in [-0.2, -0.15) is 0 Å². The van der Waals surface area contributed by atoms with Gasteiger partial charge in [-0.15, -0.1) is 0 Å². The van der Waals surface area contributed by atoms with Crippen molar-refractivity contribution in [3.8, 4) is 5.75 Å². The van der Waals surface area contributed by atoms with Gasteiger partial charge in [0.1, 0.15) is 5.75 Å². The van der Waals surface area contributed by atoms with Gasteiger partial charge in [-0.1, -0.05) is 26.8 Å². The van der Waals surface area contributed by atoms with Gasteiger partial charge in [0.05, 0.1) is 0 Å². The summed E-state index contributed by atoms with van der Waals surface area (Å²) in [6, 6.07) is 5.70. The Labute approximate surface area is 127 Å². The van der Waals surface area contributed by atoms with E-state index in [-0.39, 0.29) is 30.6 Å². The number of rotatable bonds is 6. The normalized spacial score (nSPS) is 12.9. The largest absolute Gasteiger partial charge is 0.484 e. The second-order valence-electron chi connectivity index (χ2n) is 6.53. The first-order valence-electron chi connectivity index (χ1n) is 7.34. The second-order valence-corrected chi connectivity index (χ2v) is 6.53. The molecule has 1 atom stereocenters. The molecule has 4 nitrogen and oxygen atoms in total. The molecule has 0 saturated heterocycles. The molecule has 0 aliphatic carbocycles. The molecule has 0 radical (unpaired) electrons. The number of aliphatic hydroxyl groups excluding tert-OH is 1. The quantitative estimate of drug-likeness (QED) is 0.847. The number of nitrogens with one attached hydrogen (secondary N) is 1. The zero-order chi connectivity index (χ0) is 16.0. The van der Waals surface area contributed by atoms with Crippen LogP contribution in [0.25, 0.3) is 0 Å². The minimum absolute atomic E-state index is 0.0134. The van der Waals surface area contributed by atoms with Crippen molar-refractivity contribution in [2.24, 2.45) is 5.41 Å². The van der Waals surface area contributed by atoms with E-state index in [1.807, 2.05) is 52.8 Å². The molecule has 21 heavy (non-hydrogen) atoms. The molecule has 0 spiro atoms. The van der Waals surface area contributed by atoms with Crippen molar-refractivity contribution in [2.75, 3.05) is 13.2 Å². The number of carbonyl (C=O) groups is 1. The number of amides is 1. The predicted octanol–water partition coefficient (Wildman–Crippen LogP) is 2.60. The average molecular weight is 293 g/mol. The van der Waals surface area contributed by atoms with Crippen molar-refractivity contribution in [3.63, 3.8) is 0 Å². The second kappa shape index (κ2) is 7.46. The van der Waals surface area contributed by atoms with E-state index >= 15 is 0 Å². The maximum Gasteiger partial charge on any atom is 0.258 e. The third-order valence-corrected chi connectivity index (χ3v) is 3.65. The topological polar surface area (TPSA) is 58.6 Å². The van der Waals surface area contributed by atoms with Crippen molar-refractivity contribution >= 4 is 5.91 Å². The summed E-state index contributed by atoms with van der Waals surface area (Å²) in [5.41, 5.74) is 2.24. The monoisotopic (exact) mass is 293 g/mol. The number of hydrogen-bond donors (Lipinski definition) is 2. The van der Waals surface area contributed by atoms with Crippen molar-refractivity contribution in [3.05, 3.63) is 29.3 Å². The molecule has 1 amide bonds. The number of ether oxygens (including phenoxy) is 1. The smallest absolute Gasteiger partial charge is 0.258 e. The van der Waals surface area contributed by atoms with E-state index in [0.29, 0.717) is 12.2 Å². The molecule has 0 aromatic heterocycles. The van der Waals surface area contributed by atoms with E-state index in [0.717, 1.165) is 5.56 Å². The average Bonchev–Trinajstić information content (AvgIpc) is 2.38. The maximum absolute atomic E-state index is 12.0. The summed E-state index contributed by atoms with van der Waals surface area (Å²) in [5, 5.41) is 12.0. The van der Waals surface area contributed by atoms with Gasteiger partial charge in [0, 0.05) is 12.6 Å². The fourth-order valence-electron chi connectivity index (χ4n) is 2.04. The van der Waals surface area contributed by atoms with Crippen molar-refractivity contribution in [1.82, 2.24) is 5.32 Å². The van der Waals surface area contributed by atoms with Crippen LogP contribution in [0, 0.1) is 19.3 Å². The van der Waals surface area contributed by atoms with Gasteiger partial charge >= 0.3 is 0 Å². The van der Waals surface area contributed by atoms with Gasteiger partial charge in [0.15, 0.2) is 6.61 Å². The van der Waals surface area contributed by atoms with Crippen molar-refractivity contribution < 1.29 is 14.6 Å². The van der Waals surface area contributed by atoms with Crippen LogP contribution in [0.5, 0.6) is 5.75 Å². The van der Waals surface area contributed by atoms with E-state index in [2.05, 4.69) is 5.32 Å². The molecule has 4 heteroatoms. The molecule has 0 bridgehead atoms. The Hall–Kier alpha value is -1.55. The SMILES string of the molecule is Cc1ccc(OCC(=O)NC(CCO)C(C)(C)C)cc1C. The number of hydrogen-bond acceptors (Lipinski definition) is 3. The first kappa shape index (κ1) is 17.5. The number of aryl methyl sites for hydroxylation is 2. The fourth-order valence-corrected chi connectivity index (χ4v) is 2.04. The molecule has 118 valence electrons. The van der Waals surface area contributed by atoms with E-state index in [9.17, 15) is 4.79 Å². The standard InChI is InChI=1S/C17H27NO3/c1-12-6-7-14(10-13(12)2)21-11-16(20)18-15(8-9-19)17(3,4)5/h6-7,10,15,19H,8-9,11H2,1-5H3,(H,18,20). The van der Waals surface area contributed by atoms with Crippen LogP contribution >= 0.6 is 0 Å². The van der Waals surface area contributed by atoms with Crippen LogP contribution in [0.1, 0.15) is 38.3 Å². The van der Waals surface area contributed by atoms with Gasteiger partial charge in [-0.3, -0.25) is 4.79 Å². The van der Waals surface area contributed by atoms with Crippen LogP contribution < -0.4 is 10.1 Å². The van der Waals surface area contributed by atoms with Crippen LogP contribution in [0.2, 0.25) is 0 Å². The lowest BCUT2D eigenvalue weighted by Crippen LogP contribution is -2.46. The highest BCUT2D eigenvalue weighted by Gasteiger charge is 2.25. The molecule has 0 aliphatic heterocycles. The third-order valence-electron chi connectivity index (χ3n) is 3.65. The Balaban J connectivity index is 2.54. The minimum Gasteiger partial charge on any atom is -0.484 e. The van der Waals surface area contributed by atoms with Crippen LogP contribution in [0.15, 0.2) is 18.2 Å². The molecular formula is C17H27NO3. The Kier molecular flexibility index (Phi) is 6.21. The molecular weight excluding hydrogens is 266 g/mol. The Morgan fingerprint density at radius 3 is 2.48 bits per heavy atom. The zero-order valence-corrected chi connectivity index (χ0v) is 13.7. The zero-order valence-electron chi connectivity index (χ0n) is 13.7. The van der Waals surface area contributed by atoms with Gasteiger partial charge < -0.3 is 15.2 Å². The summed E-state index contributed by atoms with van der Waals surface area (Å²) < 4.78 is 5.52. The lowest BCUT2D eigenvalue weighted by molar-refractivity contribution is -0.124. The molecule has 1 aromatic rings.